The molecule has 0 aliphatic rings. The highest BCUT2D eigenvalue weighted by Crippen LogP contribution is 2.25. The third-order valence-electron chi connectivity index (χ3n) is 3.26. The molecular weight excluding hydrogens is 282 g/mol. The van der Waals surface area contributed by atoms with Crippen molar-refractivity contribution in [2.45, 2.75) is 20.0 Å². The van der Waals surface area contributed by atoms with Gasteiger partial charge >= 0.3 is 5.97 Å². The third kappa shape index (κ3) is 3.00. The summed E-state index contributed by atoms with van der Waals surface area (Å²) >= 11 is 0. The molecule has 0 bridgehead atoms. The van der Waals surface area contributed by atoms with Gasteiger partial charge in [-0.1, -0.05) is 6.07 Å². The summed E-state index contributed by atoms with van der Waals surface area (Å²) in [6, 6.07) is 9.07. The molecule has 1 aromatic heterocycles. The molecule has 114 valence electrons. The van der Waals surface area contributed by atoms with Gasteiger partial charge in [-0.3, -0.25) is 0 Å². The van der Waals surface area contributed by atoms with Crippen LogP contribution in [0, 0.1) is 11.3 Å². The highest BCUT2D eigenvalue weighted by molar-refractivity contribution is 5.90. The van der Waals surface area contributed by atoms with Gasteiger partial charge in [0.2, 0.25) is 0 Å². The molecule has 0 radical (unpaired) electrons. The number of hydrogen-bond donors (Lipinski definition) is 0. The number of nitrogens with zero attached hydrogens (tertiary/aromatic N) is 3. The number of carbonyl (C=O) groups excluding carboxylic acids is 1. The summed E-state index contributed by atoms with van der Waals surface area (Å²) < 4.78 is 12.0. The van der Waals surface area contributed by atoms with Gasteiger partial charge in [0.15, 0.2) is 0 Å². The van der Waals surface area contributed by atoms with Crippen molar-refractivity contribution in [3.8, 4) is 11.8 Å². The standard InChI is InChI=1S/C16H17N3O3/c1-4-22-16(20)14-10-18-19(15(14)11(2)21-3)13-7-5-6-12(8-13)9-17/h5-8,10-11H,4H2,1-3H3/t11-/m0/s1. The van der Waals surface area contributed by atoms with Crippen LogP contribution >= 0.6 is 0 Å². The molecule has 0 aliphatic heterocycles. The third-order valence-corrected chi connectivity index (χ3v) is 3.26. The first-order valence-corrected chi connectivity index (χ1v) is 6.90. The van der Waals surface area contributed by atoms with Gasteiger partial charge in [-0.05, 0) is 32.0 Å². The molecular formula is C16H17N3O3. The average Bonchev–Trinajstić information content (AvgIpc) is 2.99. The fourth-order valence-corrected chi connectivity index (χ4v) is 2.14. The molecule has 0 N–H and O–H groups in total. The Bertz CT molecular complexity index is 716. The highest BCUT2D eigenvalue weighted by Gasteiger charge is 2.24. The van der Waals surface area contributed by atoms with Crippen LogP contribution in [-0.2, 0) is 9.47 Å². The topological polar surface area (TPSA) is 77.1 Å². The van der Waals surface area contributed by atoms with E-state index in [9.17, 15) is 4.79 Å². The Hall–Kier alpha value is -2.65. The van der Waals surface area contributed by atoms with E-state index in [1.165, 1.54) is 6.20 Å². The van der Waals surface area contributed by atoms with Gasteiger partial charge < -0.3 is 9.47 Å². The minimum Gasteiger partial charge on any atom is -0.462 e. The number of aromatic nitrogens is 2. The van der Waals surface area contributed by atoms with E-state index < -0.39 is 5.97 Å². The minimum absolute atomic E-state index is 0.286. The SMILES string of the molecule is CCOC(=O)c1cnn(-c2cccc(C#N)c2)c1[C@H](C)OC. The largest absolute Gasteiger partial charge is 0.462 e. The maximum atomic E-state index is 12.1. The number of benzene rings is 1. The number of nitriles is 1. The van der Waals surface area contributed by atoms with Gasteiger partial charge in [0.25, 0.3) is 0 Å². The highest BCUT2D eigenvalue weighted by atomic mass is 16.5. The normalized spacial score (nSPS) is 11.7. The molecule has 1 aromatic carbocycles. The van der Waals surface area contributed by atoms with E-state index in [-0.39, 0.29) is 12.7 Å². The number of esters is 1. The smallest absolute Gasteiger partial charge is 0.341 e. The monoisotopic (exact) mass is 299 g/mol. The Morgan fingerprint density at radius 1 is 1.50 bits per heavy atom. The van der Waals surface area contributed by atoms with Crippen LogP contribution in [0.3, 0.4) is 0 Å². The summed E-state index contributed by atoms with van der Waals surface area (Å²) in [6.45, 7) is 3.86. The van der Waals surface area contributed by atoms with E-state index in [1.807, 2.05) is 13.0 Å². The van der Waals surface area contributed by atoms with Crippen LogP contribution < -0.4 is 0 Å². The molecule has 0 unspecified atom stereocenters. The van der Waals surface area contributed by atoms with E-state index in [0.29, 0.717) is 22.5 Å². The lowest BCUT2D eigenvalue weighted by atomic mass is 10.1. The second-order valence-corrected chi connectivity index (χ2v) is 4.62. The molecule has 0 saturated heterocycles. The van der Waals surface area contributed by atoms with Crippen molar-refractivity contribution in [1.82, 2.24) is 9.78 Å². The van der Waals surface area contributed by atoms with Crippen LogP contribution in [-0.4, -0.2) is 29.5 Å². The Morgan fingerprint density at radius 3 is 2.91 bits per heavy atom. The number of rotatable bonds is 5. The lowest BCUT2D eigenvalue weighted by Gasteiger charge is -2.15. The first-order valence-electron chi connectivity index (χ1n) is 6.90. The van der Waals surface area contributed by atoms with Gasteiger partial charge in [-0.15, -0.1) is 0 Å². The van der Waals surface area contributed by atoms with Crippen LogP contribution in [0.2, 0.25) is 0 Å². The van der Waals surface area contributed by atoms with E-state index in [0.717, 1.165) is 0 Å². The van der Waals surface area contributed by atoms with Gasteiger partial charge in [0.1, 0.15) is 5.56 Å². The number of methoxy groups -OCH3 is 1. The van der Waals surface area contributed by atoms with Crippen molar-refractivity contribution in [3.63, 3.8) is 0 Å². The van der Waals surface area contributed by atoms with Crippen molar-refractivity contribution >= 4 is 5.97 Å². The van der Waals surface area contributed by atoms with E-state index in [4.69, 9.17) is 14.7 Å². The molecule has 0 saturated carbocycles. The van der Waals surface area contributed by atoms with E-state index in [2.05, 4.69) is 11.2 Å². The summed E-state index contributed by atoms with van der Waals surface area (Å²) in [4.78, 5) is 12.1. The van der Waals surface area contributed by atoms with Crippen LogP contribution in [0.15, 0.2) is 30.5 Å². The lowest BCUT2D eigenvalue weighted by molar-refractivity contribution is 0.0514. The molecule has 1 atom stereocenters. The maximum absolute atomic E-state index is 12.1. The van der Waals surface area contributed by atoms with Crippen molar-refractivity contribution in [2.75, 3.05) is 13.7 Å². The Balaban J connectivity index is 2.56. The molecule has 2 rings (SSSR count). The zero-order valence-corrected chi connectivity index (χ0v) is 12.7. The minimum atomic E-state index is -0.441. The van der Waals surface area contributed by atoms with Crippen LogP contribution in [0.5, 0.6) is 0 Å². The van der Waals surface area contributed by atoms with Gasteiger partial charge in [-0.25, -0.2) is 9.48 Å². The van der Waals surface area contributed by atoms with Crippen molar-refractivity contribution in [3.05, 3.63) is 47.3 Å². The predicted octanol–water partition coefficient (Wildman–Crippen LogP) is 2.63. The summed E-state index contributed by atoms with van der Waals surface area (Å²) in [7, 11) is 1.56. The number of carbonyl (C=O) groups is 1. The van der Waals surface area contributed by atoms with Crippen molar-refractivity contribution in [2.24, 2.45) is 0 Å². The Kier molecular flexibility index (Phi) is 4.92. The van der Waals surface area contributed by atoms with Crippen molar-refractivity contribution < 1.29 is 14.3 Å². The molecule has 6 nitrogen and oxygen atoms in total. The molecule has 0 aliphatic carbocycles. The fourth-order valence-electron chi connectivity index (χ4n) is 2.14. The predicted molar refractivity (Wildman–Crippen MR) is 79.7 cm³/mol. The van der Waals surface area contributed by atoms with Gasteiger partial charge in [0, 0.05) is 7.11 Å². The lowest BCUT2D eigenvalue weighted by Crippen LogP contribution is -2.13. The average molecular weight is 299 g/mol. The Labute approximate surface area is 128 Å². The summed E-state index contributed by atoms with van der Waals surface area (Å²) in [5.74, 6) is -0.441. The number of ether oxygens (including phenoxy) is 2. The summed E-state index contributed by atoms with van der Waals surface area (Å²) in [5.41, 5.74) is 2.16. The molecule has 0 amide bonds. The second kappa shape index (κ2) is 6.87. The van der Waals surface area contributed by atoms with Gasteiger partial charge in [-0.2, -0.15) is 10.4 Å². The molecule has 0 fully saturated rings. The quantitative estimate of drug-likeness (QED) is 0.793. The van der Waals surface area contributed by atoms with Crippen LogP contribution in [0.1, 0.15) is 41.6 Å². The zero-order chi connectivity index (χ0) is 16.1. The Morgan fingerprint density at radius 2 is 2.27 bits per heavy atom. The van der Waals surface area contributed by atoms with Crippen molar-refractivity contribution in [1.29, 1.82) is 5.26 Å². The van der Waals surface area contributed by atoms with Gasteiger partial charge in [0.05, 0.1) is 41.9 Å². The second-order valence-electron chi connectivity index (χ2n) is 4.62. The fraction of sp³-hybridized carbons (Fsp3) is 0.312. The zero-order valence-electron chi connectivity index (χ0n) is 12.7. The number of hydrogen-bond acceptors (Lipinski definition) is 5. The molecule has 0 spiro atoms. The van der Waals surface area contributed by atoms with Crippen LogP contribution in [0.25, 0.3) is 5.69 Å². The molecule has 1 heterocycles. The summed E-state index contributed by atoms with van der Waals surface area (Å²) in [6.07, 6.45) is 1.11. The molecule has 22 heavy (non-hydrogen) atoms. The van der Waals surface area contributed by atoms with Crippen LogP contribution in [0.4, 0.5) is 0 Å². The van der Waals surface area contributed by atoms with E-state index in [1.54, 1.807) is 36.9 Å². The first kappa shape index (κ1) is 15.7. The molecule has 2 aromatic rings. The molecule has 6 heteroatoms. The maximum Gasteiger partial charge on any atom is 0.341 e. The van der Waals surface area contributed by atoms with E-state index >= 15 is 0 Å². The summed E-state index contributed by atoms with van der Waals surface area (Å²) in [5, 5.41) is 13.3. The first-order chi connectivity index (χ1) is 10.6.